The zero-order chi connectivity index (χ0) is 17.0. The van der Waals surface area contributed by atoms with Gasteiger partial charge >= 0.3 is 0 Å². The highest BCUT2D eigenvalue weighted by atomic mass is 16.7. The second-order valence-electron chi connectivity index (χ2n) is 5.23. The zero-order valence-electron chi connectivity index (χ0n) is 13.0. The maximum atomic E-state index is 9.91. The van der Waals surface area contributed by atoms with Gasteiger partial charge in [0.1, 0.15) is 35.9 Å². The molecule has 0 unspecified atom stereocenters. The molecule has 0 aromatic heterocycles. The molecule has 0 saturated carbocycles. The van der Waals surface area contributed by atoms with E-state index in [9.17, 15) is 15.3 Å². The number of hydrogen-bond acceptors (Lipinski definition) is 8. The molecule has 8 nitrogen and oxygen atoms in total. The second-order valence-corrected chi connectivity index (χ2v) is 5.23. The standard InChI is InChI=1S/C15H22O8/c1-20-9-3-8(4-10(5-9)21-2)7-22-15-14(19)13(18)12(17)11(6-16)23-15/h3-5,11-19H,6-7H2,1-2H3/t11-,12+,13+,14-,15-/m1/s1. The molecule has 1 fully saturated rings. The summed E-state index contributed by atoms with van der Waals surface area (Å²) in [4.78, 5) is 0. The van der Waals surface area contributed by atoms with Gasteiger partial charge in [0.15, 0.2) is 6.29 Å². The van der Waals surface area contributed by atoms with E-state index in [2.05, 4.69) is 0 Å². The number of hydrogen-bond donors (Lipinski definition) is 4. The Labute approximate surface area is 133 Å². The molecule has 1 aromatic rings. The minimum Gasteiger partial charge on any atom is -0.497 e. The van der Waals surface area contributed by atoms with Gasteiger partial charge < -0.3 is 39.4 Å². The third-order valence-electron chi connectivity index (χ3n) is 3.67. The molecular weight excluding hydrogens is 308 g/mol. The lowest BCUT2D eigenvalue weighted by Gasteiger charge is -2.39. The van der Waals surface area contributed by atoms with Crippen LogP contribution in [0, 0.1) is 0 Å². The van der Waals surface area contributed by atoms with E-state index >= 15 is 0 Å². The highest BCUT2D eigenvalue weighted by Gasteiger charge is 2.43. The van der Waals surface area contributed by atoms with Crippen molar-refractivity contribution in [3.05, 3.63) is 23.8 Å². The molecule has 0 spiro atoms. The van der Waals surface area contributed by atoms with Crippen molar-refractivity contribution in [3.63, 3.8) is 0 Å². The first kappa shape index (κ1) is 17.9. The lowest BCUT2D eigenvalue weighted by molar-refractivity contribution is -0.304. The lowest BCUT2D eigenvalue weighted by Crippen LogP contribution is -2.59. The number of aliphatic hydroxyl groups is 4. The van der Waals surface area contributed by atoms with Gasteiger partial charge in [-0.3, -0.25) is 0 Å². The molecule has 2 rings (SSSR count). The van der Waals surface area contributed by atoms with E-state index in [1.165, 1.54) is 14.2 Å². The van der Waals surface area contributed by atoms with Crippen LogP contribution >= 0.6 is 0 Å². The van der Waals surface area contributed by atoms with E-state index in [0.717, 1.165) is 0 Å². The van der Waals surface area contributed by atoms with Crippen molar-refractivity contribution in [2.24, 2.45) is 0 Å². The molecule has 0 aliphatic carbocycles. The van der Waals surface area contributed by atoms with E-state index in [1.54, 1.807) is 18.2 Å². The smallest absolute Gasteiger partial charge is 0.187 e. The highest BCUT2D eigenvalue weighted by molar-refractivity contribution is 5.38. The van der Waals surface area contributed by atoms with Crippen LogP contribution in [0.15, 0.2) is 18.2 Å². The zero-order valence-corrected chi connectivity index (χ0v) is 13.0. The Bertz CT molecular complexity index is 484. The predicted molar refractivity (Wildman–Crippen MR) is 78.1 cm³/mol. The third-order valence-corrected chi connectivity index (χ3v) is 3.67. The monoisotopic (exact) mass is 330 g/mol. The Morgan fingerprint density at radius 1 is 0.957 bits per heavy atom. The number of aliphatic hydroxyl groups excluding tert-OH is 4. The Hall–Kier alpha value is -1.42. The summed E-state index contributed by atoms with van der Waals surface area (Å²) in [7, 11) is 3.05. The first-order chi connectivity index (χ1) is 11.0. The number of methoxy groups -OCH3 is 2. The summed E-state index contributed by atoms with van der Waals surface area (Å²) < 4.78 is 21.0. The van der Waals surface area contributed by atoms with Crippen LogP contribution in [-0.4, -0.2) is 72.0 Å². The van der Waals surface area contributed by atoms with Crippen LogP contribution in [0.4, 0.5) is 0 Å². The predicted octanol–water partition coefficient (Wildman–Crippen LogP) is -0.980. The molecule has 1 aliphatic heterocycles. The van der Waals surface area contributed by atoms with Crippen LogP contribution in [-0.2, 0) is 16.1 Å². The molecule has 4 N–H and O–H groups in total. The number of benzene rings is 1. The Morgan fingerprint density at radius 3 is 2.09 bits per heavy atom. The minimum atomic E-state index is -1.47. The molecule has 130 valence electrons. The van der Waals surface area contributed by atoms with E-state index in [4.69, 9.17) is 24.1 Å². The van der Waals surface area contributed by atoms with Gasteiger partial charge in [-0.05, 0) is 17.7 Å². The van der Waals surface area contributed by atoms with E-state index in [0.29, 0.717) is 17.1 Å². The third kappa shape index (κ3) is 4.11. The summed E-state index contributed by atoms with van der Waals surface area (Å²) in [6, 6.07) is 5.16. The quantitative estimate of drug-likeness (QED) is 0.526. The average molecular weight is 330 g/mol. The number of ether oxygens (including phenoxy) is 4. The van der Waals surface area contributed by atoms with Gasteiger partial charge in [-0.25, -0.2) is 0 Å². The molecule has 1 saturated heterocycles. The van der Waals surface area contributed by atoms with Crippen molar-refractivity contribution in [1.29, 1.82) is 0 Å². The Morgan fingerprint density at radius 2 is 1.57 bits per heavy atom. The van der Waals surface area contributed by atoms with Crippen molar-refractivity contribution >= 4 is 0 Å². The maximum absolute atomic E-state index is 9.91. The normalized spacial score (nSPS) is 31.0. The van der Waals surface area contributed by atoms with Crippen LogP contribution in [0.3, 0.4) is 0 Å². The van der Waals surface area contributed by atoms with Crippen molar-refractivity contribution in [1.82, 2.24) is 0 Å². The second kappa shape index (κ2) is 7.91. The van der Waals surface area contributed by atoms with Crippen molar-refractivity contribution in [2.45, 2.75) is 37.3 Å². The Balaban J connectivity index is 2.04. The molecule has 0 bridgehead atoms. The van der Waals surface area contributed by atoms with Gasteiger partial charge in [-0.1, -0.05) is 0 Å². The fourth-order valence-corrected chi connectivity index (χ4v) is 2.33. The van der Waals surface area contributed by atoms with Crippen LogP contribution in [0.1, 0.15) is 5.56 Å². The molecule has 1 heterocycles. The van der Waals surface area contributed by atoms with Gasteiger partial charge in [0.25, 0.3) is 0 Å². The SMILES string of the molecule is COc1cc(CO[C@@H]2O[C@H](CO)[C@H](O)[C@H](O)[C@H]2O)cc(OC)c1. The van der Waals surface area contributed by atoms with Crippen molar-refractivity contribution in [3.8, 4) is 11.5 Å². The summed E-state index contributed by atoms with van der Waals surface area (Å²) in [6.07, 6.45) is -6.49. The van der Waals surface area contributed by atoms with Crippen LogP contribution in [0.2, 0.25) is 0 Å². The van der Waals surface area contributed by atoms with Gasteiger partial charge in [0.05, 0.1) is 27.4 Å². The summed E-state index contributed by atoms with van der Waals surface area (Å²) in [6.45, 7) is -0.450. The first-order valence-corrected chi connectivity index (χ1v) is 7.14. The maximum Gasteiger partial charge on any atom is 0.187 e. The minimum absolute atomic E-state index is 0.0518. The van der Waals surface area contributed by atoms with Crippen LogP contribution in [0.25, 0.3) is 0 Å². The Kier molecular flexibility index (Phi) is 6.17. The fourth-order valence-electron chi connectivity index (χ4n) is 2.33. The van der Waals surface area contributed by atoms with Crippen molar-refractivity contribution < 1.29 is 39.4 Å². The van der Waals surface area contributed by atoms with E-state index in [1.807, 2.05) is 0 Å². The first-order valence-electron chi connectivity index (χ1n) is 7.14. The van der Waals surface area contributed by atoms with E-state index in [-0.39, 0.29) is 6.61 Å². The van der Waals surface area contributed by atoms with Gasteiger partial charge in [-0.2, -0.15) is 0 Å². The lowest BCUT2D eigenvalue weighted by atomic mass is 9.99. The molecule has 5 atom stereocenters. The van der Waals surface area contributed by atoms with Gasteiger partial charge in [0.2, 0.25) is 0 Å². The highest BCUT2D eigenvalue weighted by Crippen LogP contribution is 2.26. The molecule has 23 heavy (non-hydrogen) atoms. The summed E-state index contributed by atoms with van der Waals surface area (Å²) in [5.41, 5.74) is 0.707. The van der Waals surface area contributed by atoms with Crippen LogP contribution < -0.4 is 9.47 Å². The summed E-state index contributed by atoms with van der Waals surface area (Å²) >= 11 is 0. The molecule has 8 heteroatoms. The fraction of sp³-hybridized carbons (Fsp3) is 0.600. The molecule has 0 amide bonds. The van der Waals surface area contributed by atoms with Crippen LogP contribution in [0.5, 0.6) is 11.5 Å². The summed E-state index contributed by atoms with van der Waals surface area (Å²) in [5, 5.41) is 38.5. The van der Waals surface area contributed by atoms with Gasteiger partial charge in [-0.15, -0.1) is 0 Å². The topological polar surface area (TPSA) is 118 Å². The van der Waals surface area contributed by atoms with Gasteiger partial charge in [0, 0.05) is 6.07 Å². The molecule has 0 radical (unpaired) electrons. The molecule has 1 aliphatic rings. The summed E-state index contributed by atoms with van der Waals surface area (Å²) in [5.74, 6) is 1.16. The molecule has 1 aromatic carbocycles. The number of rotatable bonds is 6. The largest absolute Gasteiger partial charge is 0.497 e. The van der Waals surface area contributed by atoms with Crippen molar-refractivity contribution in [2.75, 3.05) is 20.8 Å². The van der Waals surface area contributed by atoms with E-state index < -0.39 is 37.3 Å². The average Bonchev–Trinajstić information content (AvgIpc) is 2.58. The molecular formula is C15H22O8.